The van der Waals surface area contributed by atoms with Crippen LogP contribution in [-0.4, -0.2) is 72.4 Å². The van der Waals surface area contributed by atoms with Crippen LogP contribution in [0.15, 0.2) is 120 Å². The van der Waals surface area contributed by atoms with E-state index >= 15 is 0 Å². The third-order valence-corrected chi connectivity index (χ3v) is 9.73. The van der Waals surface area contributed by atoms with Crippen LogP contribution in [0.1, 0.15) is 22.3 Å². The lowest BCUT2D eigenvalue weighted by Crippen LogP contribution is -2.18. The molecule has 0 saturated heterocycles. The van der Waals surface area contributed by atoms with Crippen LogP contribution in [0, 0.1) is 22.7 Å². The van der Waals surface area contributed by atoms with E-state index in [0.29, 0.717) is 75.2 Å². The summed E-state index contributed by atoms with van der Waals surface area (Å²) in [6.07, 6.45) is 6.35. The summed E-state index contributed by atoms with van der Waals surface area (Å²) in [5.74, 6) is 2.18. The van der Waals surface area contributed by atoms with Crippen LogP contribution in [0.5, 0.6) is 11.5 Å². The van der Waals surface area contributed by atoms with Crippen molar-refractivity contribution in [1.82, 2.24) is 58.1 Å². The number of aromatic nitrogens is 12. The Labute approximate surface area is 337 Å². The van der Waals surface area contributed by atoms with Gasteiger partial charge in [0.2, 0.25) is 11.9 Å². The number of imidazole rings is 4. The largest absolute Gasteiger partial charge is 0.497 e. The Bertz CT molecular complexity index is 3470. The molecule has 0 unspecified atom stereocenters. The molecule has 18 heteroatoms. The predicted molar refractivity (Wildman–Crippen MR) is 219 cm³/mol. The van der Waals surface area contributed by atoms with Gasteiger partial charge in [0.1, 0.15) is 35.2 Å². The Morgan fingerprint density at radius 3 is 1.67 bits per heavy atom. The van der Waals surface area contributed by atoms with Gasteiger partial charge in [0, 0.05) is 0 Å². The van der Waals surface area contributed by atoms with Gasteiger partial charge in [-0.25, -0.2) is 29.5 Å². The zero-order chi connectivity index (χ0) is 41.3. The van der Waals surface area contributed by atoms with Crippen molar-refractivity contribution in [3.8, 4) is 35.5 Å². The topological polar surface area (TPSA) is 229 Å². The molecule has 18 nitrogen and oxygen atoms in total. The van der Waals surface area contributed by atoms with Gasteiger partial charge >= 0.3 is 11.4 Å². The molecule has 0 saturated carbocycles. The molecular formula is C42H30N14O4. The highest BCUT2D eigenvalue weighted by Gasteiger charge is 2.16. The number of benzene rings is 4. The number of aromatic amines is 2. The molecule has 0 atom stereocenters. The first-order chi connectivity index (χ1) is 29.3. The van der Waals surface area contributed by atoms with Gasteiger partial charge < -0.3 is 19.4 Å². The quantitative estimate of drug-likeness (QED) is 0.212. The second kappa shape index (κ2) is 15.2. The third kappa shape index (κ3) is 6.82. The first kappa shape index (κ1) is 36.7. The standard InChI is InChI=1S/2C21H15N7O2/c1-30-15-4-2-3-14(7-15)11-27-19-17(25-21(27)29)10-23-20(26-19)28-12-24-16-8-13(9-22)5-6-18(16)28;1-30-15-4-2-3-14(7-15)11-27-19-17(25-21(27)29)10-23-20(26-19)28-12-24-16-6-5-13(9-22)8-18(16)28/h2*2-8,10,12H,11H2,1H3,(H,25,29). The number of nitrogens with one attached hydrogen (secondary N) is 2. The van der Waals surface area contributed by atoms with Gasteiger partial charge in [-0.2, -0.15) is 20.5 Å². The smallest absolute Gasteiger partial charge is 0.328 e. The number of nitriles is 2. The molecular weight excluding hydrogens is 765 g/mol. The molecule has 10 aromatic rings. The lowest BCUT2D eigenvalue weighted by molar-refractivity contribution is 0.414. The predicted octanol–water partition coefficient (Wildman–Crippen LogP) is 4.77. The number of hydrogen-bond donors (Lipinski definition) is 2. The Morgan fingerprint density at radius 1 is 0.600 bits per heavy atom. The van der Waals surface area contributed by atoms with Gasteiger partial charge in [-0.15, -0.1) is 0 Å². The number of fused-ring (bicyclic) bond motifs is 4. The van der Waals surface area contributed by atoms with E-state index in [0.717, 1.165) is 27.9 Å². The first-order valence-corrected chi connectivity index (χ1v) is 18.2. The van der Waals surface area contributed by atoms with Crippen molar-refractivity contribution in [3.63, 3.8) is 0 Å². The van der Waals surface area contributed by atoms with E-state index < -0.39 is 0 Å². The number of hydrogen-bond acceptors (Lipinski definition) is 12. The van der Waals surface area contributed by atoms with Gasteiger partial charge in [-0.05, 0) is 71.8 Å². The molecule has 0 amide bonds. The minimum absolute atomic E-state index is 0.270. The summed E-state index contributed by atoms with van der Waals surface area (Å²) in [5.41, 5.74) is 7.24. The van der Waals surface area contributed by atoms with Crippen molar-refractivity contribution < 1.29 is 9.47 Å². The third-order valence-electron chi connectivity index (χ3n) is 9.73. The first-order valence-electron chi connectivity index (χ1n) is 18.2. The monoisotopic (exact) mass is 794 g/mol. The minimum atomic E-state index is -0.276. The van der Waals surface area contributed by atoms with Crippen molar-refractivity contribution in [3.05, 3.63) is 153 Å². The number of nitrogens with zero attached hydrogens (tertiary/aromatic N) is 12. The van der Waals surface area contributed by atoms with Crippen LogP contribution < -0.4 is 20.9 Å². The van der Waals surface area contributed by atoms with Crippen molar-refractivity contribution >= 4 is 44.4 Å². The Hall–Kier alpha value is -8.90. The van der Waals surface area contributed by atoms with Crippen LogP contribution in [-0.2, 0) is 13.1 Å². The summed E-state index contributed by atoms with van der Waals surface area (Å²) in [6.45, 7) is 0.665. The van der Waals surface area contributed by atoms with E-state index in [9.17, 15) is 14.9 Å². The lowest BCUT2D eigenvalue weighted by Gasteiger charge is -2.07. The normalized spacial score (nSPS) is 11.1. The zero-order valence-corrected chi connectivity index (χ0v) is 31.8. The summed E-state index contributed by atoms with van der Waals surface area (Å²) in [5, 5.41) is 18.3. The van der Waals surface area contributed by atoms with E-state index in [2.05, 4.69) is 52.0 Å². The van der Waals surface area contributed by atoms with E-state index in [4.69, 9.17) is 14.7 Å². The molecule has 0 aliphatic heterocycles. The molecule has 2 N–H and O–H groups in total. The molecule has 0 aliphatic rings. The highest BCUT2D eigenvalue weighted by atomic mass is 16.5. The molecule has 292 valence electrons. The molecule has 6 aromatic heterocycles. The van der Waals surface area contributed by atoms with Gasteiger partial charge in [0.05, 0.1) is 85.0 Å². The Kier molecular flexibility index (Phi) is 9.31. The van der Waals surface area contributed by atoms with Crippen LogP contribution in [0.2, 0.25) is 0 Å². The van der Waals surface area contributed by atoms with E-state index in [1.807, 2.05) is 48.5 Å². The number of methoxy groups -OCH3 is 2. The minimum Gasteiger partial charge on any atom is -0.497 e. The second-order valence-electron chi connectivity index (χ2n) is 13.4. The van der Waals surface area contributed by atoms with Crippen LogP contribution in [0.3, 0.4) is 0 Å². The lowest BCUT2D eigenvalue weighted by atomic mass is 10.2. The van der Waals surface area contributed by atoms with E-state index in [1.54, 1.807) is 93.9 Å². The molecule has 0 fully saturated rings. The van der Waals surface area contributed by atoms with Gasteiger partial charge in [-0.1, -0.05) is 24.3 Å². The molecule has 0 aliphatic carbocycles. The Balaban J connectivity index is 0.000000154. The summed E-state index contributed by atoms with van der Waals surface area (Å²) >= 11 is 0. The van der Waals surface area contributed by atoms with Gasteiger partial charge in [0.25, 0.3) is 0 Å². The molecule has 0 radical (unpaired) electrons. The number of ether oxygens (including phenoxy) is 2. The maximum Gasteiger partial charge on any atom is 0.328 e. The summed E-state index contributed by atoms with van der Waals surface area (Å²) in [4.78, 5) is 57.3. The van der Waals surface area contributed by atoms with Crippen molar-refractivity contribution in [1.29, 1.82) is 10.5 Å². The summed E-state index contributed by atoms with van der Waals surface area (Å²) in [7, 11) is 3.20. The zero-order valence-electron chi connectivity index (χ0n) is 31.8. The number of rotatable bonds is 8. The van der Waals surface area contributed by atoms with Gasteiger partial charge in [-0.3, -0.25) is 18.3 Å². The number of H-pyrrole nitrogens is 2. The highest BCUT2D eigenvalue weighted by Crippen LogP contribution is 2.22. The molecule has 0 spiro atoms. The van der Waals surface area contributed by atoms with Crippen LogP contribution in [0.4, 0.5) is 0 Å². The van der Waals surface area contributed by atoms with Crippen molar-refractivity contribution in [2.75, 3.05) is 14.2 Å². The average Bonchev–Trinajstić information content (AvgIpc) is 4.06. The summed E-state index contributed by atoms with van der Waals surface area (Å²) in [6, 6.07) is 29.7. The fraction of sp³-hybridized carbons (Fsp3) is 0.0952. The fourth-order valence-electron chi connectivity index (χ4n) is 6.78. The van der Waals surface area contributed by atoms with Crippen LogP contribution in [0.25, 0.3) is 56.3 Å². The Morgan fingerprint density at radius 2 is 1.12 bits per heavy atom. The van der Waals surface area contributed by atoms with Crippen molar-refractivity contribution in [2.45, 2.75) is 13.1 Å². The molecule has 6 heterocycles. The molecule has 10 rings (SSSR count). The SMILES string of the molecule is COc1cccc(Cn2c(=O)[nH]c3cnc(-n4cnc5cc(C#N)ccc54)nc32)c1.COc1cccc(Cn2c(=O)[nH]c3cnc(-n4cnc5ccc(C#N)cc54)nc32)c1. The molecule has 4 aromatic carbocycles. The molecule has 0 bridgehead atoms. The summed E-state index contributed by atoms with van der Waals surface area (Å²) < 4.78 is 17.1. The van der Waals surface area contributed by atoms with E-state index in [-0.39, 0.29) is 11.4 Å². The maximum atomic E-state index is 12.5. The van der Waals surface area contributed by atoms with Crippen LogP contribution >= 0.6 is 0 Å². The maximum absolute atomic E-state index is 12.5. The molecule has 60 heavy (non-hydrogen) atoms. The van der Waals surface area contributed by atoms with Gasteiger partial charge in [0.15, 0.2) is 11.3 Å². The fourth-order valence-corrected chi connectivity index (χ4v) is 6.78. The van der Waals surface area contributed by atoms with E-state index in [1.165, 1.54) is 0 Å². The second-order valence-corrected chi connectivity index (χ2v) is 13.4. The van der Waals surface area contributed by atoms with Crippen molar-refractivity contribution in [2.24, 2.45) is 0 Å². The average molecular weight is 795 g/mol. The highest BCUT2D eigenvalue weighted by molar-refractivity contribution is 5.80.